The average molecular weight is 401 g/mol. The molecule has 0 amide bonds. The van der Waals surface area contributed by atoms with Gasteiger partial charge >= 0.3 is 5.97 Å². The second-order valence-corrected chi connectivity index (χ2v) is 7.51. The van der Waals surface area contributed by atoms with Crippen LogP contribution in [0, 0.1) is 5.92 Å². The lowest BCUT2D eigenvalue weighted by Crippen LogP contribution is -2.38. The maximum Gasteiger partial charge on any atom is 0.325 e. The third-order valence-corrected chi connectivity index (χ3v) is 5.08. The molecule has 1 heterocycles. The van der Waals surface area contributed by atoms with Crippen LogP contribution in [0.2, 0.25) is 5.02 Å². The molecule has 0 bridgehead atoms. The van der Waals surface area contributed by atoms with E-state index in [1.54, 1.807) is 37.6 Å². The number of halogens is 1. The Morgan fingerprint density at radius 1 is 1.18 bits per heavy atom. The number of carbonyl (C=O) groups is 1. The van der Waals surface area contributed by atoms with Crippen LogP contribution in [0.1, 0.15) is 25.3 Å². The van der Waals surface area contributed by atoms with E-state index in [-0.39, 0.29) is 5.97 Å². The standard InChI is InChI=1S/C22H25ClN2O3/c1-16-9-11-25(12-10-16)15-22(26)28-20-8-3-17(13-21(20)27-2)14-24-19-6-4-18(23)5-7-19/h3-8,13-14,16H,9-12,15H2,1-2H3. The lowest BCUT2D eigenvalue weighted by molar-refractivity contribution is -0.136. The highest BCUT2D eigenvalue weighted by Gasteiger charge is 2.19. The number of piperidine rings is 1. The van der Waals surface area contributed by atoms with Crippen molar-refractivity contribution in [3.63, 3.8) is 0 Å². The van der Waals surface area contributed by atoms with Crippen molar-refractivity contribution in [1.82, 2.24) is 4.90 Å². The van der Waals surface area contributed by atoms with Gasteiger partial charge in [0, 0.05) is 11.2 Å². The zero-order valence-corrected chi connectivity index (χ0v) is 17.0. The minimum Gasteiger partial charge on any atom is -0.493 e. The van der Waals surface area contributed by atoms with Crippen molar-refractivity contribution in [1.29, 1.82) is 0 Å². The number of hydrogen-bond donors (Lipinski definition) is 0. The largest absolute Gasteiger partial charge is 0.493 e. The minimum atomic E-state index is -0.268. The normalized spacial score (nSPS) is 15.7. The Hall–Kier alpha value is -2.37. The third-order valence-electron chi connectivity index (χ3n) is 4.83. The van der Waals surface area contributed by atoms with Gasteiger partial charge in [0.25, 0.3) is 0 Å². The number of aliphatic imine (C=N–C) groups is 1. The van der Waals surface area contributed by atoms with Crippen LogP contribution >= 0.6 is 11.6 Å². The van der Waals surface area contributed by atoms with Gasteiger partial charge in [0.1, 0.15) is 0 Å². The van der Waals surface area contributed by atoms with Crippen LogP contribution in [-0.4, -0.2) is 43.8 Å². The van der Waals surface area contributed by atoms with E-state index < -0.39 is 0 Å². The van der Waals surface area contributed by atoms with Crippen LogP contribution < -0.4 is 9.47 Å². The Labute approximate surface area is 170 Å². The predicted octanol–water partition coefficient (Wildman–Crippen LogP) is 4.74. The molecule has 0 saturated carbocycles. The molecule has 0 spiro atoms. The first-order chi connectivity index (χ1) is 13.5. The van der Waals surface area contributed by atoms with Gasteiger partial charge in [0.05, 0.1) is 19.3 Å². The van der Waals surface area contributed by atoms with Crippen molar-refractivity contribution in [2.24, 2.45) is 10.9 Å². The van der Waals surface area contributed by atoms with Crippen molar-refractivity contribution in [2.45, 2.75) is 19.8 Å². The highest BCUT2D eigenvalue weighted by Crippen LogP contribution is 2.28. The van der Waals surface area contributed by atoms with Gasteiger partial charge in [-0.25, -0.2) is 0 Å². The number of nitrogens with zero attached hydrogens (tertiary/aromatic N) is 2. The Morgan fingerprint density at radius 3 is 2.57 bits per heavy atom. The number of benzene rings is 2. The number of hydrogen-bond acceptors (Lipinski definition) is 5. The molecule has 0 N–H and O–H groups in total. The van der Waals surface area contributed by atoms with Gasteiger partial charge in [-0.3, -0.25) is 14.7 Å². The zero-order valence-electron chi connectivity index (χ0n) is 16.2. The molecule has 6 heteroatoms. The van der Waals surface area contributed by atoms with Crippen molar-refractivity contribution in [3.05, 3.63) is 53.1 Å². The van der Waals surface area contributed by atoms with Gasteiger partial charge in [-0.1, -0.05) is 18.5 Å². The summed E-state index contributed by atoms with van der Waals surface area (Å²) in [6.07, 6.45) is 3.97. The van der Waals surface area contributed by atoms with Crippen LogP contribution in [0.15, 0.2) is 47.5 Å². The lowest BCUT2D eigenvalue weighted by atomic mass is 9.99. The predicted molar refractivity (Wildman–Crippen MR) is 112 cm³/mol. The van der Waals surface area contributed by atoms with Gasteiger partial charge in [0.15, 0.2) is 11.5 Å². The molecular weight excluding hydrogens is 376 g/mol. The van der Waals surface area contributed by atoms with E-state index in [1.807, 2.05) is 18.2 Å². The summed E-state index contributed by atoms with van der Waals surface area (Å²) in [6.45, 7) is 4.43. The number of carbonyl (C=O) groups excluding carboxylic acids is 1. The van der Waals surface area contributed by atoms with Gasteiger partial charge in [-0.2, -0.15) is 0 Å². The fraction of sp³-hybridized carbons (Fsp3) is 0.364. The number of methoxy groups -OCH3 is 1. The number of likely N-dealkylation sites (tertiary alicyclic amines) is 1. The fourth-order valence-corrected chi connectivity index (χ4v) is 3.21. The van der Waals surface area contributed by atoms with Crippen LogP contribution in [-0.2, 0) is 4.79 Å². The van der Waals surface area contributed by atoms with Crippen LogP contribution in [0.3, 0.4) is 0 Å². The first-order valence-corrected chi connectivity index (χ1v) is 9.82. The van der Waals surface area contributed by atoms with Crippen LogP contribution in [0.5, 0.6) is 11.5 Å². The van der Waals surface area contributed by atoms with Crippen molar-refractivity contribution in [2.75, 3.05) is 26.7 Å². The molecular formula is C22H25ClN2O3. The molecule has 1 fully saturated rings. The molecule has 1 aliphatic heterocycles. The summed E-state index contributed by atoms with van der Waals surface area (Å²) in [6, 6.07) is 12.6. The summed E-state index contributed by atoms with van der Waals surface area (Å²) >= 11 is 5.88. The minimum absolute atomic E-state index is 0.268. The molecule has 2 aromatic carbocycles. The van der Waals surface area contributed by atoms with Crippen molar-refractivity contribution < 1.29 is 14.3 Å². The third kappa shape index (κ3) is 5.81. The molecule has 1 aliphatic rings. The van der Waals surface area contributed by atoms with E-state index in [9.17, 15) is 4.79 Å². The zero-order chi connectivity index (χ0) is 19.9. The Morgan fingerprint density at radius 2 is 1.89 bits per heavy atom. The number of ether oxygens (including phenoxy) is 2. The number of esters is 1. The van der Waals surface area contributed by atoms with Crippen LogP contribution in [0.4, 0.5) is 5.69 Å². The molecule has 3 rings (SSSR count). The fourth-order valence-electron chi connectivity index (χ4n) is 3.08. The SMILES string of the molecule is COc1cc(C=Nc2ccc(Cl)cc2)ccc1OC(=O)CN1CCC(C)CC1. The highest BCUT2D eigenvalue weighted by molar-refractivity contribution is 6.30. The van der Waals surface area contributed by atoms with E-state index in [0.29, 0.717) is 23.1 Å². The van der Waals surface area contributed by atoms with Gasteiger partial charge in [-0.15, -0.1) is 0 Å². The van der Waals surface area contributed by atoms with E-state index >= 15 is 0 Å². The Balaban J connectivity index is 1.62. The van der Waals surface area contributed by atoms with Crippen LogP contribution in [0.25, 0.3) is 0 Å². The first kappa shape index (κ1) is 20.4. The summed E-state index contributed by atoms with van der Waals surface area (Å²) in [4.78, 5) is 18.9. The quantitative estimate of drug-likeness (QED) is 0.399. The summed E-state index contributed by atoms with van der Waals surface area (Å²) < 4.78 is 10.9. The smallest absolute Gasteiger partial charge is 0.325 e. The molecule has 28 heavy (non-hydrogen) atoms. The Kier molecular flexibility index (Phi) is 7.06. The molecule has 2 aromatic rings. The van der Waals surface area contributed by atoms with Gasteiger partial charge in [-0.05, 0) is 79.9 Å². The molecule has 0 atom stereocenters. The van der Waals surface area contributed by atoms with Crippen molar-refractivity contribution in [3.8, 4) is 11.5 Å². The highest BCUT2D eigenvalue weighted by atomic mass is 35.5. The van der Waals surface area contributed by atoms with Gasteiger partial charge < -0.3 is 9.47 Å². The lowest BCUT2D eigenvalue weighted by Gasteiger charge is -2.29. The monoisotopic (exact) mass is 400 g/mol. The molecule has 0 aromatic heterocycles. The summed E-state index contributed by atoms with van der Waals surface area (Å²) in [5.41, 5.74) is 1.64. The van der Waals surface area contributed by atoms with E-state index in [0.717, 1.165) is 43.1 Å². The van der Waals surface area contributed by atoms with E-state index in [4.69, 9.17) is 21.1 Å². The molecule has 1 saturated heterocycles. The number of rotatable bonds is 6. The van der Waals surface area contributed by atoms with E-state index in [2.05, 4.69) is 16.8 Å². The summed E-state index contributed by atoms with van der Waals surface area (Å²) in [5.74, 6) is 1.38. The van der Waals surface area contributed by atoms with E-state index in [1.165, 1.54) is 0 Å². The molecule has 0 aliphatic carbocycles. The second kappa shape index (κ2) is 9.71. The molecule has 148 valence electrons. The maximum absolute atomic E-state index is 12.3. The van der Waals surface area contributed by atoms with Crippen molar-refractivity contribution >= 4 is 29.5 Å². The second-order valence-electron chi connectivity index (χ2n) is 7.08. The molecule has 0 radical (unpaired) electrons. The topological polar surface area (TPSA) is 51.1 Å². The summed E-state index contributed by atoms with van der Waals surface area (Å²) in [7, 11) is 1.55. The molecule has 0 unspecified atom stereocenters. The Bertz CT molecular complexity index is 828. The average Bonchev–Trinajstić information content (AvgIpc) is 2.70. The summed E-state index contributed by atoms with van der Waals surface area (Å²) in [5, 5.41) is 0.672. The molecule has 5 nitrogen and oxygen atoms in total. The first-order valence-electron chi connectivity index (χ1n) is 9.44. The maximum atomic E-state index is 12.3. The van der Waals surface area contributed by atoms with Gasteiger partial charge in [0.2, 0.25) is 0 Å².